The fraction of sp³-hybridized carbons (Fsp3) is 0.500. The molecule has 0 radical (unpaired) electrons. The molecular weight excluding hydrogens is 374 g/mol. The van der Waals surface area contributed by atoms with E-state index in [0.29, 0.717) is 25.1 Å². The van der Waals surface area contributed by atoms with Gasteiger partial charge >= 0.3 is 0 Å². The Balaban J connectivity index is 2.00. The van der Waals surface area contributed by atoms with E-state index in [1.54, 1.807) is 24.3 Å². The summed E-state index contributed by atoms with van der Waals surface area (Å²) in [5.41, 5.74) is 3.40. The molecule has 0 aliphatic rings. The van der Waals surface area contributed by atoms with Crippen LogP contribution in [0.5, 0.6) is 11.5 Å². The number of anilines is 1. The first-order valence-corrected chi connectivity index (χ1v) is 11.0. The van der Waals surface area contributed by atoms with Crippen LogP contribution in [-0.2, 0) is 15.6 Å². The van der Waals surface area contributed by atoms with Gasteiger partial charge < -0.3 is 15.2 Å². The maximum Gasteiger partial charge on any atom is 0.224 e. The molecule has 164 valence electrons. The highest BCUT2D eigenvalue weighted by molar-refractivity contribution is 5.90. The van der Waals surface area contributed by atoms with Crippen molar-refractivity contribution >= 4 is 11.6 Å². The lowest BCUT2D eigenvalue weighted by atomic mass is 9.76. The molecule has 4 nitrogen and oxygen atoms in total. The number of hydrogen-bond donors (Lipinski definition) is 2. The zero-order valence-electron chi connectivity index (χ0n) is 19.3. The van der Waals surface area contributed by atoms with Crippen LogP contribution in [0.15, 0.2) is 42.5 Å². The van der Waals surface area contributed by atoms with Crippen molar-refractivity contribution in [3.8, 4) is 11.5 Å². The van der Waals surface area contributed by atoms with E-state index in [1.165, 1.54) is 11.1 Å². The summed E-state index contributed by atoms with van der Waals surface area (Å²) in [6.07, 6.45) is 3.12. The van der Waals surface area contributed by atoms with Crippen LogP contribution in [-0.4, -0.2) is 17.6 Å². The van der Waals surface area contributed by atoms with Crippen LogP contribution in [0, 0.1) is 0 Å². The molecule has 0 aromatic heterocycles. The van der Waals surface area contributed by atoms with Crippen molar-refractivity contribution < 1.29 is 14.6 Å². The van der Waals surface area contributed by atoms with Crippen LogP contribution in [0.2, 0.25) is 0 Å². The fourth-order valence-electron chi connectivity index (χ4n) is 3.18. The largest absolute Gasteiger partial charge is 0.508 e. The minimum Gasteiger partial charge on any atom is -0.508 e. The van der Waals surface area contributed by atoms with E-state index < -0.39 is 0 Å². The molecule has 2 rings (SSSR count). The highest BCUT2D eigenvalue weighted by Crippen LogP contribution is 2.38. The molecule has 0 fully saturated rings. The number of hydrogen-bond acceptors (Lipinski definition) is 3. The van der Waals surface area contributed by atoms with Gasteiger partial charge in [-0.15, -0.1) is 0 Å². The standard InChI is InChI=1S/C26H37NO3/c1-7-25(3,4)19-11-16-23(22(18-19)26(5,6)8-2)30-17-9-10-24(29)27-20-12-14-21(28)15-13-20/h11-16,18,28H,7-10,17H2,1-6H3,(H,27,29). The van der Waals surface area contributed by atoms with E-state index in [-0.39, 0.29) is 22.5 Å². The monoisotopic (exact) mass is 411 g/mol. The minimum atomic E-state index is -0.0570. The number of benzene rings is 2. The Bertz CT molecular complexity index is 838. The Labute approximate surface area is 181 Å². The number of phenolic OH excluding ortho intramolecular Hbond substituents is 1. The fourth-order valence-corrected chi connectivity index (χ4v) is 3.18. The van der Waals surface area contributed by atoms with Crippen LogP contribution in [0.3, 0.4) is 0 Å². The quantitative estimate of drug-likeness (QED) is 0.343. The zero-order chi connectivity index (χ0) is 22.4. The molecule has 0 atom stereocenters. The Hall–Kier alpha value is -2.49. The third kappa shape index (κ3) is 6.25. The van der Waals surface area contributed by atoms with Crippen molar-refractivity contribution in [1.29, 1.82) is 0 Å². The second kappa shape index (κ2) is 10.0. The molecule has 2 aromatic rings. The van der Waals surface area contributed by atoms with Crippen molar-refractivity contribution in [2.45, 2.75) is 78.1 Å². The third-order valence-electron chi connectivity index (χ3n) is 6.21. The first-order valence-electron chi connectivity index (χ1n) is 11.0. The van der Waals surface area contributed by atoms with Gasteiger partial charge in [0, 0.05) is 17.7 Å². The topological polar surface area (TPSA) is 58.6 Å². The predicted octanol–water partition coefficient (Wildman–Crippen LogP) is 6.57. The summed E-state index contributed by atoms with van der Waals surface area (Å²) in [6.45, 7) is 14.0. The van der Waals surface area contributed by atoms with Crippen LogP contribution < -0.4 is 10.1 Å². The van der Waals surface area contributed by atoms with E-state index >= 15 is 0 Å². The van der Waals surface area contributed by atoms with E-state index in [1.807, 2.05) is 0 Å². The van der Waals surface area contributed by atoms with Gasteiger partial charge in [-0.05, 0) is 66.0 Å². The molecule has 30 heavy (non-hydrogen) atoms. The summed E-state index contributed by atoms with van der Waals surface area (Å²) in [4.78, 5) is 12.1. The highest BCUT2D eigenvalue weighted by atomic mass is 16.5. The SMILES string of the molecule is CCC(C)(C)c1ccc(OCCCC(=O)Nc2ccc(O)cc2)c(C(C)(C)CC)c1. The normalized spacial score (nSPS) is 11.9. The predicted molar refractivity (Wildman–Crippen MR) is 125 cm³/mol. The second-order valence-electron chi connectivity index (χ2n) is 9.23. The molecule has 0 saturated carbocycles. The minimum absolute atomic E-state index is 0.0193. The summed E-state index contributed by atoms with van der Waals surface area (Å²) in [5.74, 6) is 1.04. The first kappa shape index (κ1) is 23.8. The summed E-state index contributed by atoms with van der Waals surface area (Å²) in [5, 5.41) is 12.2. The van der Waals surface area contributed by atoms with E-state index in [0.717, 1.165) is 18.6 Å². The van der Waals surface area contributed by atoms with Crippen molar-refractivity contribution in [2.75, 3.05) is 11.9 Å². The summed E-state index contributed by atoms with van der Waals surface area (Å²) in [7, 11) is 0. The van der Waals surface area contributed by atoms with E-state index in [4.69, 9.17) is 4.74 Å². The van der Waals surface area contributed by atoms with Crippen molar-refractivity contribution in [1.82, 2.24) is 0 Å². The molecule has 0 bridgehead atoms. The summed E-state index contributed by atoms with van der Waals surface area (Å²) >= 11 is 0. The molecule has 2 aromatic carbocycles. The summed E-state index contributed by atoms with van der Waals surface area (Å²) in [6, 6.07) is 13.0. The molecule has 0 aliphatic carbocycles. The first-order chi connectivity index (χ1) is 14.1. The van der Waals surface area contributed by atoms with Gasteiger partial charge in [0.15, 0.2) is 0 Å². The van der Waals surface area contributed by atoms with Gasteiger partial charge in [-0.25, -0.2) is 0 Å². The Morgan fingerprint density at radius 2 is 1.60 bits per heavy atom. The lowest BCUT2D eigenvalue weighted by Gasteiger charge is -2.30. The van der Waals surface area contributed by atoms with Gasteiger partial charge in [0.1, 0.15) is 11.5 Å². The molecule has 0 aliphatic heterocycles. The molecule has 4 heteroatoms. The number of phenols is 1. The number of aromatic hydroxyl groups is 1. The number of rotatable bonds is 10. The molecule has 0 heterocycles. The average molecular weight is 412 g/mol. The van der Waals surface area contributed by atoms with Gasteiger partial charge in [-0.3, -0.25) is 4.79 Å². The Morgan fingerprint density at radius 1 is 0.967 bits per heavy atom. The van der Waals surface area contributed by atoms with Gasteiger partial charge in [-0.1, -0.05) is 53.7 Å². The van der Waals surface area contributed by atoms with Gasteiger partial charge in [0.2, 0.25) is 5.91 Å². The van der Waals surface area contributed by atoms with Gasteiger partial charge in [-0.2, -0.15) is 0 Å². The zero-order valence-corrected chi connectivity index (χ0v) is 19.3. The maximum atomic E-state index is 12.1. The highest BCUT2D eigenvalue weighted by Gasteiger charge is 2.26. The molecular formula is C26H37NO3. The number of amides is 1. The number of carbonyl (C=O) groups is 1. The third-order valence-corrected chi connectivity index (χ3v) is 6.21. The average Bonchev–Trinajstić information content (AvgIpc) is 2.72. The van der Waals surface area contributed by atoms with Crippen molar-refractivity contribution in [3.63, 3.8) is 0 Å². The number of ether oxygens (including phenoxy) is 1. The van der Waals surface area contributed by atoms with E-state index in [2.05, 4.69) is 65.1 Å². The molecule has 0 spiro atoms. The lowest BCUT2D eigenvalue weighted by Crippen LogP contribution is -2.21. The number of carbonyl (C=O) groups excluding carboxylic acids is 1. The van der Waals surface area contributed by atoms with Crippen LogP contribution in [0.1, 0.15) is 78.4 Å². The smallest absolute Gasteiger partial charge is 0.224 e. The van der Waals surface area contributed by atoms with Crippen LogP contribution >= 0.6 is 0 Å². The van der Waals surface area contributed by atoms with Gasteiger partial charge in [0.25, 0.3) is 0 Å². The maximum absolute atomic E-state index is 12.1. The molecule has 0 saturated heterocycles. The lowest BCUT2D eigenvalue weighted by molar-refractivity contribution is -0.116. The van der Waals surface area contributed by atoms with Crippen LogP contribution in [0.4, 0.5) is 5.69 Å². The second-order valence-corrected chi connectivity index (χ2v) is 9.23. The van der Waals surface area contributed by atoms with Crippen LogP contribution in [0.25, 0.3) is 0 Å². The molecule has 2 N–H and O–H groups in total. The Morgan fingerprint density at radius 3 is 2.20 bits per heavy atom. The molecule has 0 unspecified atom stereocenters. The summed E-state index contributed by atoms with van der Waals surface area (Å²) < 4.78 is 6.13. The Kier molecular flexibility index (Phi) is 7.94. The van der Waals surface area contributed by atoms with Crippen molar-refractivity contribution in [2.24, 2.45) is 0 Å². The van der Waals surface area contributed by atoms with Gasteiger partial charge in [0.05, 0.1) is 6.61 Å². The molecule has 1 amide bonds. The number of nitrogens with one attached hydrogen (secondary N) is 1. The van der Waals surface area contributed by atoms with Crippen molar-refractivity contribution in [3.05, 3.63) is 53.6 Å². The van der Waals surface area contributed by atoms with E-state index in [9.17, 15) is 9.90 Å².